The zero-order valence-corrected chi connectivity index (χ0v) is 20.1. The number of aromatic nitrogens is 2. The summed E-state index contributed by atoms with van der Waals surface area (Å²) in [6.07, 6.45) is 0. The van der Waals surface area contributed by atoms with E-state index in [1.165, 1.54) is 0 Å². The fraction of sp³-hybridized carbons (Fsp3) is 0.148. The zero-order chi connectivity index (χ0) is 24.7. The van der Waals surface area contributed by atoms with Gasteiger partial charge in [-0.2, -0.15) is 5.10 Å². The average Bonchev–Trinajstić information content (AvgIpc) is 3.33. The Kier molecular flexibility index (Phi) is 5.61. The van der Waals surface area contributed by atoms with E-state index in [1.54, 1.807) is 53.2 Å². The summed E-state index contributed by atoms with van der Waals surface area (Å²) in [5.41, 5.74) is 5.16. The van der Waals surface area contributed by atoms with Crippen LogP contribution in [-0.4, -0.2) is 29.9 Å². The van der Waals surface area contributed by atoms with E-state index >= 15 is 0 Å². The normalized spacial score (nSPS) is 13.9. The second-order valence-electron chi connectivity index (χ2n) is 8.66. The molecule has 0 saturated heterocycles. The van der Waals surface area contributed by atoms with Gasteiger partial charge in [-0.1, -0.05) is 54.6 Å². The number of nitrogens with zero attached hydrogens (tertiary/aromatic N) is 2. The maximum absolute atomic E-state index is 13.2. The van der Waals surface area contributed by atoms with Crippen LogP contribution in [0.4, 0.5) is 5.82 Å². The first-order valence-electron chi connectivity index (χ1n) is 11.1. The van der Waals surface area contributed by atoms with Crippen molar-refractivity contribution in [1.29, 1.82) is 0 Å². The monoisotopic (exact) mass is 485 g/mol. The lowest BCUT2D eigenvalue weighted by atomic mass is 10.0. The Balaban J connectivity index is 1.47. The number of anilines is 1. The molecule has 176 valence electrons. The highest BCUT2D eigenvalue weighted by atomic mass is 32.2. The number of hydrogen-bond acceptors (Lipinski definition) is 5. The smallest absolute Gasteiger partial charge is 0.256 e. The molecule has 7 nitrogen and oxygen atoms in total. The van der Waals surface area contributed by atoms with Crippen molar-refractivity contribution >= 4 is 27.3 Å². The topological polar surface area (TPSA) is 98.1 Å². The van der Waals surface area contributed by atoms with Crippen LogP contribution < -0.4 is 5.32 Å². The molecule has 1 amide bonds. The third-order valence-corrected chi connectivity index (χ3v) is 7.71. The molecule has 0 fully saturated rings. The molecule has 1 aliphatic heterocycles. The number of rotatable bonds is 5. The van der Waals surface area contributed by atoms with E-state index < -0.39 is 15.7 Å². The molecule has 0 atom stereocenters. The molecule has 1 N–H and O–H groups in total. The minimum atomic E-state index is -3.31. The zero-order valence-electron chi connectivity index (χ0n) is 19.3. The van der Waals surface area contributed by atoms with Gasteiger partial charge in [0.05, 0.1) is 22.9 Å². The van der Waals surface area contributed by atoms with Gasteiger partial charge in [0.2, 0.25) is 0 Å². The summed E-state index contributed by atoms with van der Waals surface area (Å²) in [6.45, 7) is 3.94. The first-order chi connectivity index (χ1) is 16.7. The summed E-state index contributed by atoms with van der Waals surface area (Å²) < 4.78 is 26.1. The van der Waals surface area contributed by atoms with Gasteiger partial charge in [0.25, 0.3) is 5.91 Å². The van der Waals surface area contributed by atoms with Gasteiger partial charge < -0.3 is 5.32 Å². The van der Waals surface area contributed by atoms with Crippen LogP contribution in [0.2, 0.25) is 0 Å². The molecule has 0 saturated carbocycles. The number of hydrogen-bond donors (Lipinski definition) is 1. The number of aryl methyl sites for hydroxylation is 1. The second kappa shape index (κ2) is 8.63. The predicted molar refractivity (Wildman–Crippen MR) is 134 cm³/mol. The molecule has 4 aromatic rings. The number of carbonyl (C=O) groups is 2. The molecule has 0 radical (unpaired) electrons. The Bertz CT molecular complexity index is 1570. The van der Waals surface area contributed by atoms with Crippen molar-refractivity contribution in [3.63, 3.8) is 0 Å². The van der Waals surface area contributed by atoms with Crippen LogP contribution in [0.1, 0.15) is 48.7 Å². The number of ketones is 1. The van der Waals surface area contributed by atoms with E-state index in [1.807, 2.05) is 38.1 Å². The second-order valence-corrected chi connectivity index (χ2v) is 10.7. The highest BCUT2D eigenvalue weighted by Crippen LogP contribution is 2.34. The highest BCUT2D eigenvalue weighted by Gasteiger charge is 2.33. The Hall–Kier alpha value is -4.04. The Morgan fingerprint density at radius 2 is 1.49 bits per heavy atom. The van der Waals surface area contributed by atoms with Crippen molar-refractivity contribution in [1.82, 2.24) is 9.78 Å². The number of benzene rings is 3. The molecule has 3 aromatic carbocycles. The maximum Gasteiger partial charge on any atom is 0.256 e. The maximum atomic E-state index is 13.2. The molecule has 2 heterocycles. The predicted octanol–water partition coefficient (Wildman–Crippen LogP) is 4.40. The fourth-order valence-electron chi connectivity index (χ4n) is 4.22. The summed E-state index contributed by atoms with van der Waals surface area (Å²) in [5.74, 6) is -0.521. The molecule has 35 heavy (non-hydrogen) atoms. The van der Waals surface area contributed by atoms with Crippen molar-refractivity contribution in [3.8, 4) is 5.69 Å². The van der Waals surface area contributed by atoms with Crippen LogP contribution in [0.15, 0.2) is 72.8 Å². The number of sulfone groups is 1. The van der Waals surface area contributed by atoms with Crippen molar-refractivity contribution in [2.45, 2.75) is 25.4 Å². The summed E-state index contributed by atoms with van der Waals surface area (Å²) in [5, 5.41) is 7.44. The number of nitrogens with one attached hydrogen (secondary N) is 1. The SMILES string of the molecule is Cc1cccc(-n2nc3c(c2NC(=O)c2ccc(C(=O)c4ccccc4)cc2)CS(=O)(=O)C3)c1C. The number of carbonyl (C=O) groups excluding carboxylic acids is 2. The Morgan fingerprint density at radius 1 is 0.829 bits per heavy atom. The molecular formula is C27H23N3O4S. The quantitative estimate of drug-likeness (QED) is 0.423. The van der Waals surface area contributed by atoms with Crippen molar-refractivity contribution in [3.05, 3.63) is 112 Å². The first-order valence-corrected chi connectivity index (χ1v) is 12.9. The molecule has 1 aromatic heterocycles. The summed E-state index contributed by atoms with van der Waals surface area (Å²) in [4.78, 5) is 25.8. The lowest BCUT2D eigenvalue weighted by molar-refractivity contribution is 0.101. The van der Waals surface area contributed by atoms with Gasteiger partial charge in [-0.25, -0.2) is 13.1 Å². The van der Waals surface area contributed by atoms with Gasteiger partial charge in [0.15, 0.2) is 15.6 Å². The van der Waals surface area contributed by atoms with E-state index in [9.17, 15) is 18.0 Å². The number of fused-ring (bicyclic) bond motifs is 1. The van der Waals surface area contributed by atoms with E-state index in [-0.39, 0.29) is 17.3 Å². The molecule has 0 unspecified atom stereocenters. The van der Waals surface area contributed by atoms with Crippen LogP contribution in [0.5, 0.6) is 0 Å². The van der Waals surface area contributed by atoms with Gasteiger partial charge in [0.1, 0.15) is 5.82 Å². The molecule has 0 bridgehead atoms. The fourth-order valence-corrected chi connectivity index (χ4v) is 5.71. The Labute approximate surface area is 203 Å². The van der Waals surface area contributed by atoms with Crippen LogP contribution >= 0.6 is 0 Å². The van der Waals surface area contributed by atoms with Crippen LogP contribution in [-0.2, 0) is 21.3 Å². The van der Waals surface area contributed by atoms with Crippen molar-refractivity contribution in [2.24, 2.45) is 0 Å². The third kappa shape index (κ3) is 4.28. The minimum Gasteiger partial charge on any atom is -0.306 e. The van der Waals surface area contributed by atoms with E-state index in [4.69, 9.17) is 0 Å². The largest absolute Gasteiger partial charge is 0.306 e. The van der Waals surface area contributed by atoms with E-state index in [2.05, 4.69) is 10.4 Å². The van der Waals surface area contributed by atoms with E-state index in [0.717, 1.165) is 16.8 Å². The molecule has 0 spiro atoms. The average molecular weight is 486 g/mol. The Morgan fingerprint density at radius 3 is 2.20 bits per heavy atom. The summed E-state index contributed by atoms with van der Waals surface area (Å²) >= 11 is 0. The molecule has 0 aliphatic carbocycles. The van der Waals surface area contributed by atoms with Crippen molar-refractivity contribution < 1.29 is 18.0 Å². The number of amides is 1. The lowest BCUT2D eigenvalue weighted by Gasteiger charge is -2.14. The lowest BCUT2D eigenvalue weighted by Crippen LogP contribution is -2.17. The van der Waals surface area contributed by atoms with Gasteiger partial charge >= 0.3 is 0 Å². The molecule has 1 aliphatic rings. The summed E-state index contributed by atoms with van der Waals surface area (Å²) in [7, 11) is -3.31. The molecule has 8 heteroatoms. The van der Waals surface area contributed by atoms with Crippen LogP contribution in [0.3, 0.4) is 0 Å². The van der Waals surface area contributed by atoms with Crippen LogP contribution in [0.25, 0.3) is 5.69 Å². The van der Waals surface area contributed by atoms with Gasteiger partial charge in [-0.05, 0) is 43.2 Å². The standard InChI is InChI=1S/C27H23N3O4S/c1-17-7-6-10-24(18(17)2)30-26(22-15-35(33,34)16-23(22)29-30)28-27(32)21-13-11-20(12-14-21)25(31)19-8-4-3-5-9-19/h3-14H,15-16H2,1-2H3,(H,28,32). The minimum absolute atomic E-state index is 0.131. The van der Waals surface area contributed by atoms with Crippen molar-refractivity contribution in [2.75, 3.05) is 5.32 Å². The third-order valence-electron chi connectivity index (χ3n) is 6.27. The highest BCUT2D eigenvalue weighted by molar-refractivity contribution is 7.90. The van der Waals surface area contributed by atoms with Gasteiger partial charge in [-0.15, -0.1) is 0 Å². The molecular weight excluding hydrogens is 462 g/mol. The first kappa shape index (κ1) is 22.7. The summed E-state index contributed by atoms with van der Waals surface area (Å²) in [6, 6.07) is 21.1. The van der Waals surface area contributed by atoms with Gasteiger partial charge in [0, 0.05) is 22.3 Å². The molecule has 5 rings (SSSR count). The van der Waals surface area contributed by atoms with Gasteiger partial charge in [-0.3, -0.25) is 9.59 Å². The van der Waals surface area contributed by atoms with E-state index in [0.29, 0.717) is 33.8 Å². The van der Waals surface area contributed by atoms with Crippen LogP contribution in [0, 0.1) is 13.8 Å².